The Morgan fingerprint density at radius 1 is 1.53 bits per heavy atom. The topological polar surface area (TPSA) is 55.1 Å². The number of nitrogens with zero attached hydrogens (tertiary/aromatic N) is 1. The zero-order valence-corrected chi connectivity index (χ0v) is 9.04. The maximum atomic E-state index is 11.6. The maximum Gasteiger partial charge on any atom is 0.273 e. The van der Waals surface area contributed by atoms with Gasteiger partial charge in [0.15, 0.2) is 5.69 Å². The molecule has 0 bridgehead atoms. The van der Waals surface area contributed by atoms with Gasteiger partial charge in [-0.25, -0.2) is 0 Å². The summed E-state index contributed by atoms with van der Waals surface area (Å²) < 4.78 is 4.61. The van der Waals surface area contributed by atoms with Crippen molar-refractivity contribution in [1.29, 1.82) is 0 Å². The van der Waals surface area contributed by atoms with Crippen molar-refractivity contribution in [3.8, 4) is 0 Å². The van der Waals surface area contributed by atoms with Gasteiger partial charge in [0.25, 0.3) is 5.91 Å². The molecule has 15 heavy (non-hydrogen) atoms. The number of carbonyl (C=O) groups is 1. The lowest BCUT2D eigenvalue weighted by Gasteiger charge is -2.27. The molecule has 1 aliphatic carbocycles. The van der Waals surface area contributed by atoms with Gasteiger partial charge in [0, 0.05) is 12.1 Å². The number of alkyl halides is 1. The van der Waals surface area contributed by atoms with Crippen molar-refractivity contribution >= 4 is 17.5 Å². The summed E-state index contributed by atoms with van der Waals surface area (Å²) in [5.74, 6) is -0.207. The number of hydrogen-bond acceptors (Lipinski definition) is 3. The summed E-state index contributed by atoms with van der Waals surface area (Å²) >= 11 is 6.13. The van der Waals surface area contributed by atoms with Gasteiger partial charge in [0.1, 0.15) is 6.26 Å². The molecule has 5 heteroatoms. The monoisotopic (exact) mass is 228 g/mol. The minimum absolute atomic E-state index is 0.0367. The lowest BCUT2D eigenvalue weighted by atomic mass is 9.95. The van der Waals surface area contributed by atoms with Crippen molar-refractivity contribution in [2.45, 2.75) is 37.1 Å². The fourth-order valence-corrected chi connectivity index (χ4v) is 2.16. The normalized spacial score (nSPS) is 26.2. The molecule has 2 atom stereocenters. The van der Waals surface area contributed by atoms with Crippen LogP contribution < -0.4 is 5.32 Å². The molecule has 82 valence electrons. The van der Waals surface area contributed by atoms with Crippen molar-refractivity contribution in [3.63, 3.8) is 0 Å². The van der Waals surface area contributed by atoms with Gasteiger partial charge in [-0.2, -0.15) is 0 Å². The molecule has 2 rings (SSSR count). The first kappa shape index (κ1) is 10.5. The van der Waals surface area contributed by atoms with E-state index in [1.54, 1.807) is 6.07 Å². The molecule has 0 radical (unpaired) electrons. The molecule has 0 aliphatic heterocycles. The Morgan fingerprint density at radius 2 is 2.33 bits per heavy atom. The van der Waals surface area contributed by atoms with Gasteiger partial charge in [-0.3, -0.25) is 4.79 Å². The van der Waals surface area contributed by atoms with Crippen LogP contribution in [0.5, 0.6) is 0 Å². The lowest BCUT2D eigenvalue weighted by molar-refractivity contribution is 0.0919. The van der Waals surface area contributed by atoms with E-state index in [4.69, 9.17) is 11.6 Å². The average Bonchev–Trinajstić information content (AvgIpc) is 2.74. The first-order valence-corrected chi connectivity index (χ1v) is 5.56. The third kappa shape index (κ3) is 2.50. The van der Waals surface area contributed by atoms with Gasteiger partial charge in [-0.15, -0.1) is 11.6 Å². The van der Waals surface area contributed by atoms with E-state index in [9.17, 15) is 4.79 Å². The summed E-state index contributed by atoms with van der Waals surface area (Å²) in [5.41, 5.74) is 0.310. The van der Waals surface area contributed by atoms with E-state index in [2.05, 4.69) is 15.0 Å². The van der Waals surface area contributed by atoms with Crippen LogP contribution in [0.4, 0.5) is 0 Å². The zero-order valence-electron chi connectivity index (χ0n) is 8.28. The van der Waals surface area contributed by atoms with Crippen LogP contribution in [0.25, 0.3) is 0 Å². The number of nitrogens with one attached hydrogen (secondary N) is 1. The molecule has 1 aliphatic rings. The third-order valence-corrected chi connectivity index (χ3v) is 3.19. The average molecular weight is 229 g/mol. The zero-order chi connectivity index (χ0) is 10.7. The standard InChI is InChI=1S/C10H13ClN2O2/c11-7-3-1-2-4-8(7)12-10(14)9-5-6-15-13-9/h5-8H,1-4H2,(H,12,14). The van der Waals surface area contributed by atoms with Crippen molar-refractivity contribution in [3.05, 3.63) is 18.0 Å². The highest BCUT2D eigenvalue weighted by molar-refractivity contribution is 6.21. The predicted molar refractivity (Wildman–Crippen MR) is 55.9 cm³/mol. The minimum atomic E-state index is -0.207. The van der Waals surface area contributed by atoms with Gasteiger partial charge in [0.2, 0.25) is 0 Å². The second-order valence-electron chi connectivity index (χ2n) is 3.77. The summed E-state index contributed by atoms with van der Waals surface area (Å²) in [6.45, 7) is 0. The van der Waals surface area contributed by atoms with Gasteiger partial charge in [-0.05, 0) is 12.8 Å². The van der Waals surface area contributed by atoms with Crippen LogP contribution in [-0.2, 0) is 0 Å². The first-order chi connectivity index (χ1) is 7.27. The Hall–Kier alpha value is -1.03. The number of aromatic nitrogens is 1. The minimum Gasteiger partial charge on any atom is -0.364 e. The smallest absolute Gasteiger partial charge is 0.273 e. The summed E-state index contributed by atoms with van der Waals surface area (Å²) in [7, 11) is 0. The largest absolute Gasteiger partial charge is 0.364 e. The highest BCUT2D eigenvalue weighted by Gasteiger charge is 2.25. The van der Waals surface area contributed by atoms with Crippen LogP contribution >= 0.6 is 11.6 Å². The molecule has 0 saturated heterocycles. The molecule has 1 saturated carbocycles. The molecule has 2 unspecified atom stereocenters. The summed E-state index contributed by atoms with van der Waals surface area (Å²) in [6, 6.07) is 1.60. The summed E-state index contributed by atoms with van der Waals surface area (Å²) in [5, 5.41) is 6.49. The SMILES string of the molecule is O=C(NC1CCCCC1Cl)c1ccon1. The van der Waals surface area contributed by atoms with E-state index in [-0.39, 0.29) is 17.3 Å². The molecular weight excluding hydrogens is 216 g/mol. The van der Waals surface area contributed by atoms with E-state index in [1.807, 2.05) is 0 Å². The van der Waals surface area contributed by atoms with Gasteiger partial charge in [-0.1, -0.05) is 18.0 Å². The van der Waals surface area contributed by atoms with Crippen LogP contribution in [0.15, 0.2) is 16.9 Å². The number of rotatable bonds is 2. The molecule has 1 fully saturated rings. The van der Waals surface area contributed by atoms with Gasteiger partial charge in [0.05, 0.1) is 5.38 Å². The Balaban J connectivity index is 1.93. The molecule has 1 amide bonds. The molecule has 0 spiro atoms. The van der Waals surface area contributed by atoms with Gasteiger partial charge < -0.3 is 9.84 Å². The fraction of sp³-hybridized carbons (Fsp3) is 0.600. The van der Waals surface area contributed by atoms with Crippen molar-refractivity contribution in [2.24, 2.45) is 0 Å². The summed E-state index contributed by atoms with van der Waals surface area (Å²) in [4.78, 5) is 11.6. The Morgan fingerprint density at radius 3 is 3.00 bits per heavy atom. The fourth-order valence-electron chi connectivity index (χ4n) is 1.82. The number of carbonyl (C=O) groups excluding carboxylic acids is 1. The molecule has 1 heterocycles. The van der Waals surface area contributed by atoms with E-state index in [1.165, 1.54) is 6.26 Å². The quantitative estimate of drug-likeness (QED) is 0.788. The van der Waals surface area contributed by atoms with Crippen molar-refractivity contribution < 1.29 is 9.32 Å². The molecule has 0 aromatic carbocycles. The lowest BCUT2D eigenvalue weighted by Crippen LogP contribution is -2.42. The number of hydrogen-bond donors (Lipinski definition) is 1. The molecule has 1 aromatic heterocycles. The Bertz CT molecular complexity index is 326. The molecule has 4 nitrogen and oxygen atoms in total. The second-order valence-corrected chi connectivity index (χ2v) is 4.33. The molecule has 1 aromatic rings. The van der Waals surface area contributed by atoms with Crippen molar-refractivity contribution in [1.82, 2.24) is 10.5 Å². The van der Waals surface area contributed by atoms with Crippen LogP contribution in [0.2, 0.25) is 0 Å². The van der Waals surface area contributed by atoms with Gasteiger partial charge >= 0.3 is 0 Å². The number of halogens is 1. The van der Waals surface area contributed by atoms with Crippen molar-refractivity contribution in [2.75, 3.05) is 0 Å². The molecule has 1 N–H and O–H groups in total. The van der Waals surface area contributed by atoms with E-state index < -0.39 is 0 Å². The highest BCUT2D eigenvalue weighted by Crippen LogP contribution is 2.23. The predicted octanol–water partition coefficient (Wildman–Crippen LogP) is 1.95. The maximum absolute atomic E-state index is 11.6. The first-order valence-electron chi connectivity index (χ1n) is 5.12. The summed E-state index contributed by atoms with van der Waals surface area (Å²) in [6.07, 6.45) is 5.55. The number of amides is 1. The highest BCUT2D eigenvalue weighted by atomic mass is 35.5. The van der Waals surface area contributed by atoms with Crippen LogP contribution in [0.1, 0.15) is 36.2 Å². The Kier molecular flexibility index (Phi) is 3.26. The molecular formula is C10H13ClN2O2. The van der Waals surface area contributed by atoms with Crippen LogP contribution in [-0.4, -0.2) is 22.5 Å². The third-order valence-electron chi connectivity index (χ3n) is 2.67. The van der Waals surface area contributed by atoms with E-state index in [0.29, 0.717) is 5.69 Å². The van der Waals surface area contributed by atoms with Crippen LogP contribution in [0.3, 0.4) is 0 Å². The second kappa shape index (κ2) is 4.66. The van der Waals surface area contributed by atoms with E-state index >= 15 is 0 Å². The van der Waals surface area contributed by atoms with Crippen LogP contribution in [0, 0.1) is 0 Å². The van der Waals surface area contributed by atoms with E-state index in [0.717, 1.165) is 25.7 Å². The Labute approximate surface area is 93.0 Å².